The summed E-state index contributed by atoms with van der Waals surface area (Å²) in [5, 5.41) is 3.67. The van der Waals surface area contributed by atoms with E-state index >= 15 is 0 Å². The largest absolute Gasteiger partial charge is 0.493 e. The lowest BCUT2D eigenvalue weighted by Gasteiger charge is -2.34. The smallest absolute Gasteiger partial charge is 0.174 e. The highest BCUT2D eigenvalue weighted by molar-refractivity contribution is 9.10. The van der Waals surface area contributed by atoms with Gasteiger partial charge in [-0.3, -0.25) is 0 Å². The van der Waals surface area contributed by atoms with Gasteiger partial charge in [-0.2, -0.15) is 0 Å². The molecule has 116 valence electrons. The lowest BCUT2D eigenvalue weighted by atomic mass is 9.86. The molecule has 1 aromatic rings. The second-order valence-electron chi connectivity index (χ2n) is 6.01. The van der Waals surface area contributed by atoms with E-state index in [1.807, 2.05) is 0 Å². The fourth-order valence-electron chi connectivity index (χ4n) is 2.42. The molecule has 0 spiro atoms. The van der Waals surface area contributed by atoms with E-state index in [1.54, 1.807) is 14.2 Å². The van der Waals surface area contributed by atoms with Gasteiger partial charge in [0.2, 0.25) is 0 Å². The molecule has 0 saturated carbocycles. The number of methoxy groups -OCH3 is 2. The molecule has 0 fully saturated rings. The van der Waals surface area contributed by atoms with E-state index in [0.717, 1.165) is 35.2 Å². The summed E-state index contributed by atoms with van der Waals surface area (Å²) in [7, 11) is 3.32. The van der Waals surface area contributed by atoms with Crippen LogP contribution in [0.4, 0.5) is 0 Å². The van der Waals surface area contributed by atoms with Crippen molar-refractivity contribution in [3.05, 3.63) is 27.9 Å². The Kier molecular flexibility index (Phi) is 4.87. The zero-order valence-corrected chi connectivity index (χ0v) is 15.1. The molecule has 0 radical (unpaired) electrons. The van der Waals surface area contributed by atoms with Crippen molar-refractivity contribution >= 4 is 21.5 Å². The number of rotatable bonds is 6. The van der Waals surface area contributed by atoms with Crippen molar-refractivity contribution in [2.24, 2.45) is 0 Å². The molecule has 3 nitrogen and oxygen atoms in total. The molecule has 1 aliphatic rings. The molecule has 1 aromatic carbocycles. The van der Waals surface area contributed by atoms with Gasteiger partial charge in [-0.25, -0.2) is 0 Å². The van der Waals surface area contributed by atoms with Crippen LogP contribution in [0.3, 0.4) is 0 Å². The standard InChI is InChI=1S/C17H24BrNO2/c1-6-17(2,3)19-14-8-7-12(14)11-9-13(18)16(21-5)15(10-11)20-4/h9-10,19H,6-8H2,1-5H3. The molecule has 1 N–H and O–H groups in total. The normalized spacial score (nSPS) is 14.8. The third-order valence-electron chi connectivity index (χ3n) is 4.14. The summed E-state index contributed by atoms with van der Waals surface area (Å²) in [6.07, 6.45) is 3.31. The van der Waals surface area contributed by atoms with Crippen molar-refractivity contribution in [2.45, 2.75) is 45.6 Å². The third kappa shape index (κ3) is 3.37. The first kappa shape index (κ1) is 16.2. The number of halogens is 1. The first-order valence-electron chi connectivity index (χ1n) is 7.34. The lowest BCUT2D eigenvalue weighted by Crippen LogP contribution is -2.39. The predicted octanol–water partition coefficient (Wildman–Crippen LogP) is 4.75. The quantitative estimate of drug-likeness (QED) is 0.800. The van der Waals surface area contributed by atoms with Gasteiger partial charge in [-0.1, -0.05) is 6.92 Å². The molecule has 0 amide bonds. The Bertz CT molecular complexity index is 564. The van der Waals surface area contributed by atoms with Gasteiger partial charge in [-0.05, 0) is 72.3 Å². The van der Waals surface area contributed by atoms with Gasteiger partial charge < -0.3 is 14.8 Å². The first-order chi connectivity index (χ1) is 9.91. The Balaban J connectivity index is 2.36. The number of hydrogen-bond acceptors (Lipinski definition) is 3. The molecule has 4 heteroatoms. The van der Waals surface area contributed by atoms with E-state index < -0.39 is 0 Å². The minimum absolute atomic E-state index is 0.134. The monoisotopic (exact) mass is 353 g/mol. The third-order valence-corrected chi connectivity index (χ3v) is 4.73. The second kappa shape index (κ2) is 6.30. The summed E-state index contributed by atoms with van der Waals surface area (Å²) in [6.45, 7) is 6.68. The molecule has 0 atom stereocenters. The summed E-state index contributed by atoms with van der Waals surface area (Å²) >= 11 is 3.57. The lowest BCUT2D eigenvalue weighted by molar-refractivity contribution is 0.353. The van der Waals surface area contributed by atoms with Crippen LogP contribution in [0.15, 0.2) is 22.3 Å². The fourth-order valence-corrected chi connectivity index (χ4v) is 3.02. The van der Waals surface area contributed by atoms with Crippen LogP contribution in [0.25, 0.3) is 5.57 Å². The molecular weight excluding hydrogens is 330 g/mol. The fraction of sp³-hybridized carbons (Fsp3) is 0.529. The van der Waals surface area contributed by atoms with Crippen LogP contribution in [-0.2, 0) is 0 Å². The van der Waals surface area contributed by atoms with Gasteiger partial charge >= 0.3 is 0 Å². The van der Waals surface area contributed by atoms with Crippen LogP contribution in [0.2, 0.25) is 0 Å². The van der Waals surface area contributed by atoms with E-state index in [4.69, 9.17) is 9.47 Å². The zero-order chi connectivity index (χ0) is 15.6. The Morgan fingerprint density at radius 1 is 1.19 bits per heavy atom. The van der Waals surface area contributed by atoms with Crippen LogP contribution in [0.5, 0.6) is 11.5 Å². The van der Waals surface area contributed by atoms with Gasteiger partial charge in [0, 0.05) is 11.2 Å². The molecule has 21 heavy (non-hydrogen) atoms. The Labute approximate surface area is 135 Å². The highest BCUT2D eigenvalue weighted by atomic mass is 79.9. The maximum absolute atomic E-state index is 5.44. The Hall–Kier alpha value is -1.16. The number of nitrogens with one attached hydrogen (secondary N) is 1. The Morgan fingerprint density at radius 2 is 1.90 bits per heavy atom. The summed E-state index contributed by atoms with van der Waals surface area (Å²) in [4.78, 5) is 0. The number of hydrogen-bond donors (Lipinski definition) is 1. The number of ether oxygens (including phenoxy) is 2. The molecular formula is C17H24BrNO2. The average Bonchev–Trinajstić information content (AvgIpc) is 2.43. The van der Waals surface area contributed by atoms with E-state index in [-0.39, 0.29) is 5.54 Å². The highest BCUT2D eigenvalue weighted by Crippen LogP contribution is 2.42. The van der Waals surface area contributed by atoms with Crippen molar-refractivity contribution in [1.29, 1.82) is 0 Å². The van der Waals surface area contributed by atoms with E-state index in [1.165, 1.54) is 16.8 Å². The SMILES string of the molecule is CCC(C)(C)NC1=C(c2cc(Br)c(OC)c(OC)c2)CC1. The van der Waals surface area contributed by atoms with Gasteiger partial charge in [0.05, 0.1) is 18.7 Å². The maximum Gasteiger partial charge on any atom is 0.174 e. The maximum atomic E-state index is 5.44. The van der Waals surface area contributed by atoms with Crippen LogP contribution in [0, 0.1) is 0 Å². The molecule has 2 rings (SSSR count). The second-order valence-corrected chi connectivity index (χ2v) is 6.87. The number of benzene rings is 1. The van der Waals surface area contributed by atoms with Crippen LogP contribution in [-0.4, -0.2) is 19.8 Å². The van der Waals surface area contributed by atoms with Crippen molar-refractivity contribution in [2.75, 3.05) is 14.2 Å². The van der Waals surface area contributed by atoms with Crippen molar-refractivity contribution < 1.29 is 9.47 Å². The van der Waals surface area contributed by atoms with Gasteiger partial charge in [0.25, 0.3) is 0 Å². The summed E-state index contributed by atoms with van der Waals surface area (Å²) in [6, 6.07) is 4.16. The first-order valence-corrected chi connectivity index (χ1v) is 8.13. The van der Waals surface area contributed by atoms with Gasteiger partial charge in [0.15, 0.2) is 11.5 Å². The topological polar surface area (TPSA) is 30.5 Å². The van der Waals surface area contributed by atoms with Crippen molar-refractivity contribution in [3.8, 4) is 11.5 Å². The summed E-state index contributed by atoms with van der Waals surface area (Å²) in [5.74, 6) is 1.50. The van der Waals surface area contributed by atoms with E-state index in [2.05, 4.69) is 54.2 Å². The van der Waals surface area contributed by atoms with Gasteiger partial charge in [-0.15, -0.1) is 0 Å². The highest BCUT2D eigenvalue weighted by Gasteiger charge is 2.25. The summed E-state index contributed by atoms with van der Waals surface area (Å²) in [5.41, 5.74) is 4.05. The van der Waals surface area contributed by atoms with Crippen molar-refractivity contribution in [3.63, 3.8) is 0 Å². The van der Waals surface area contributed by atoms with E-state index in [9.17, 15) is 0 Å². The molecule has 0 aliphatic heterocycles. The minimum Gasteiger partial charge on any atom is -0.493 e. The van der Waals surface area contributed by atoms with Crippen LogP contribution >= 0.6 is 15.9 Å². The molecule has 0 heterocycles. The Morgan fingerprint density at radius 3 is 2.38 bits per heavy atom. The van der Waals surface area contributed by atoms with Crippen LogP contribution < -0.4 is 14.8 Å². The molecule has 1 aliphatic carbocycles. The molecule has 0 aromatic heterocycles. The summed E-state index contributed by atoms with van der Waals surface area (Å²) < 4.78 is 11.7. The van der Waals surface area contributed by atoms with Gasteiger partial charge in [0.1, 0.15) is 0 Å². The molecule has 0 unspecified atom stereocenters. The average molecular weight is 354 g/mol. The zero-order valence-electron chi connectivity index (χ0n) is 13.5. The number of allylic oxidation sites excluding steroid dienone is 2. The predicted molar refractivity (Wildman–Crippen MR) is 90.9 cm³/mol. The molecule has 0 bridgehead atoms. The minimum atomic E-state index is 0.134. The molecule has 0 saturated heterocycles. The van der Waals surface area contributed by atoms with E-state index in [0.29, 0.717) is 0 Å². The van der Waals surface area contributed by atoms with Crippen molar-refractivity contribution in [1.82, 2.24) is 5.32 Å². The van der Waals surface area contributed by atoms with Crippen LogP contribution in [0.1, 0.15) is 45.6 Å².